The third kappa shape index (κ3) is 4.83. The molecule has 0 saturated heterocycles. The van der Waals surface area contributed by atoms with Crippen molar-refractivity contribution >= 4 is 34.9 Å². The summed E-state index contributed by atoms with van der Waals surface area (Å²) in [7, 11) is 1.63. The number of methoxy groups -OCH3 is 1. The van der Waals surface area contributed by atoms with Gasteiger partial charge in [-0.15, -0.1) is 0 Å². The minimum absolute atomic E-state index is 0.285. The Kier molecular flexibility index (Phi) is 5.92. The number of anilines is 1. The zero-order valence-electron chi connectivity index (χ0n) is 12.0. The van der Waals surface area contributed by atoms with Crippen molar-refractivity contribution < 1.29 is 9.53 Å². The maximum atomic E-state index is 11.8. The molecule has 2 aromatic carbocycles. The van der Waals surface area contributed by atoms with Crippen LogP contribution in [-0.4, -0.2) is 19.7 Å². The molecule has 22 heavy (non-hydrogen) atoms. The SMILES string of the molecule is COc1ccc(CCNC(=O)Nc2ccc(Cl)c(Cl)c2)cc1. The molecule has 0 aromatic heterocycles. The Labute approximate surface area is 139 Å². The van der Waals surface area contributed by atoms with Gasteiger partial charge in [0.05, 0.1) is 17.2 Å². The van der Waals surface area contributed by atoms with E-state index < -0.39 is 0 Å². The van der Waals surface area contributed by atoms with Gasteiger partial charge in [-0.2, -0.15) is 0 Å². The summed E-state index contributed by atoms with van der Waals surface area (Å²) in [5.41, 5.74) is 1.71. The van der Waals surface area contributed by atoms with Crippen LogP contribution >= 0.6 is 23.2 Å². The summed E-state index contributed by atoms with van der Waals surface area (Å²) >= 11 is 11.7. The third-order valence-corrected chi connectivity index (χ3v) is 3.77. The maximum absolute atomic E-state index is 11.8. The number of hydrogen-bond donors (Lipinski definition) is 2. The maximum Gasteiger partial charge on any atom is 0.319 e. The molecule has 2 rings (SSSR count). The number of ether oxygens (including phenoxy) is 1. The molecule has 116 valence electrons. The molecule has 0 spiro atoms. The van der Waals surface area contributed by atoms with Crippen molar-refractivity contribution in [3.05, 3.63) is 58.1 Å². The van der Waals surface area contributed by atoms with Crippen molar-refractivity contribution in [3.63, 3.8) is 0 Å². The number of carbonyl (C=O) groups is 1. The molecule has 0 bridgehead atoms. The van der Waals surface area contributed by atoms with Crippen LogP contribution in [0.1, 0.15) is 5.56 Å². The smallest absolute Gasteiger partial charge is 0.319 e. The number of hydrogen-bond acceptors (Lipinski definition) is 2. The highest BCUT2D eigenvalue weighted by molar-refractivity contribution is 6.42. The van der Waals surface area contributed by atoms with E-state index in [2.05, 4.69) is 10.6 Å². The van der Waals surface area contributed by atoms with Gasteiger partial charge in [-0.05, 0) is 42.3 Å². The van der Waals surface area contributed by atoms with Crippen LogP contribution < -0.4 is 15.4 Å². The summed E-state index contributed by atoms with van der Waals surface area (Å²) < 4.78 is 5.10. The van der Waals surface area contributed by atoms with Crippen molar-refractivity contribution in [2.24, 2.45) is 0 Å². The summed E-state index contributed by atoms with van der Waals surface area (Å²) in [6, 6.07) is 12.4. The van der Waals surface area contributed by atoms with Gasteiger partial charge in [0.15, 0.2) is 0 Å². The fraction of sp³-hybridized carbons (Fsp3) is 0.188. The summed E-state index contributed by atoms with van der Waals surface area (Å²) in [5, 5.41) is 6.34. The zero-order chi connectivity index (χ0) is 15.9. The van der Waals surface area contributed by atoms with Gasteiger partial charge in [-0.25, -0.2) is 4.79 Å². The molecule has 2 aromatic rings. The first-order chi connectivity index (χ1) is 10.6. The third-order valence-electron chi connectivity index (χ3n) is 3.04. The average molecular weight is 339 g/mol. The van der Waals surface area contributed by atoms with Gasteiger partial charge in [-0.3, -0.25) is 0 Å². The molecular weight excluding hydrogens is 323 g/mol. The highest BCUT2D eigenvalue weighted by Gasteiger charge is 2.04. The van der Waals surface area contributed by atoms with Gasteiger partial charge in [0.25, 0.3) is 0 Å². The van der Waals surface area contributed by atoms with Crippen LogP contribution in [0.5, 0.6) is 5.75 Å². The minimum Gasteiger partial charge on any atom is -0.497 e. The van der Waals surface area contributed by atoms with Crippen LogP contribution in [0.3, 0.4) is 0 Å². The average Bonchev–Trinajstić information content (AvgIpc) is 2.51. The predicted octanol–water partition coefficient (Wildman–Crippen LogP) is 4.37. The fourth-order valence-electron chi connectivity index (χ4n) is 1.86. The standard InChI is InChI=1S/C16H16Cl2N2O2/c1-22-13-5-2-11(3-6-13)8-9-19-16(21)20-12-4-7-14(17)15(18)10-12/h2-7,10H,8-9H2,1H3,(H2,19,20,21). The molecule has 0 radical (unpaired) electrons. The van der Waals surface area contributed by atoms with Gasteiger partial charge in [0.2, 0.25) is 0 Å². The monoisotopic (exact) mass is 338 g/mol. The van der Waals surface area contributed by atoms with Crippen molar-refractivity contribution in [1.82, 2.24) is 5.32 Å². The van der Waals surface area contributed by atoms with Crippen LogP contribution in [0.2, 0.25) is 10.0 Å². The van der Waals surface area contributed by atoms with E-state index in [-0.39, 0.29) is 6.03 Å². The van der Waals surface area contributed by atoms with E-state index in [0.717, 1.165) is 17.7 Å². The Bertz CT molecular complexity index is 645. The first kappa shape index (κ1) is 16.5. The Morgan fingerprint density at radius 3 is 2.45 bits per heavy atom. The largest absolute Gasteiger partial charge is 0.497 e. The summed E-state index contributed by atoms with van der Waals surface area (Å²) in [4.78, 5) is 11.8. The van der Waals surface area contributed by atoms with E-state index in [0.29, 0.717) is 22.3 Å². The second-order valence-electron chi connectivity index (χ2n) is 4.61. The van der Waals surface area contributed by atoms with E-state index in [9.17, 15) is 4.79 Å². The first-order valence-corrected chi connectivity index (χ1v) is 7.47. The van der Waals surface area contributed by atoms with Gasteiger partial charge >= 0.3 is 6.03 Å². The van der Waals surface area contributed by atoms with E-state index in [1.807, 2.05) is 24.3 Å². The summed E-state index contributed by atoms with van der Waals surface area (Å²) in [6.45, 7) is 0.527. The molecule has 0 fully saturated rings. The molecule has 0 aliphatic rings. The molecule has 0 atom stereocenters. The Hall–Kier alpha value is -1.91. The number of halogens is 2. The highest BCUT2D eigenvalue weighted by Crippen LogP contribution is 2.24. The van der Waals surface area contributed by atoms with Gasteiger partial charge < -0.3 is 15.4 Å². The Balaban J connectivity index is 1.78. The van der Waals surface area contributed by atoms with Crippen molar-refractivity contribution in [2.45, 2.75) is 6.42 Å². The minimum atomic E-state index is -0.285. The van der Waals surface area contributed by atoms with Crippen molar-refractivity contribution in [3.8, 4) is 5.75 Å². The van der Waals surface area contributed by atoms with Gasteiger partial charge in [0.1, 0.15) is 5.75 Å². The van der Waals surface area contributed by atoms with Crippen molar-refractivity contribution in [2.75, 3.05) is 19.0 Å². The summed E-state index contributed by atoms with van der Waals surface area (Å²) in [6.07, 6.45) is 0.735. The predicted molar refractivity (Wildman–Crippen MR) is 90.2 cm³/mol. The number of benzene rings is 2. The molecular formula is C16H16Cl2N2O2. The van der Waals surface area contributed by atoms with Gasteiger partial charge in [-0.1, -0.05) is 35.3 Å². The molecule has 4 nitrogen and oxygen atoms in total. The molecule has 2 amide bonds. The second kappa shape index (κ2) is 7.92. The van der Waals surface area contributed by atoms with E-state index >= 15 is 0 Å². The lowest BCUT2D eigenvalue weighted by atomic mass is 10.1. The Morgan fingerprint density at radius 2 is 1.82 bits per heavy atom. The number of carbonyl (C=O) groups excluding carboxylic acids is 1. The van der Waals surface area contributed by atoms with Gasteiger partial charge in [0, 0.05) is 12.2 Å². The fourth-order valence-corrected chi connectivity index (χ4v) is 2.16. The van der Waals surface area contributed by atoms with Crippen molar-refractivity contribution in [1.29, 1.82) is 0 Å². The lowest BCUT2D eigenvalue weighted by molar-refractivity contribution is 0.252. The molecule has 0 aliphatic heterocycles. The quantitative estimate of drug-likeness (QED) is 0.850. The van der Waals surface area contributed by atoms with E-state index in [4.69, 9.17) is 27.9 Å². The number of rotatable bonds is 5. The van der Waals surface area contributed by atoms with Crippen LogP contribution in [0, 0.1) is 0 Å². The van der Waals surface area contributed by atoms with E-state index in [1.165, 1.54) is 0 Å². The first-order valence-electron chi connectivity index (χ1n) is 6.71. The lowest BCUT2D eigenvalue weighted by Crippen LogP contribution is -2.30. The Morgan fingerprint density at radius 1 is 1.09 bits per heavy atom. The normalized spacial score (nSPS) is 10.1. The van der Waals surface area contributed by atoms with Crippen LogP contribution in [-0.2, 0) is 6.42 Å². The number of nitrogens with one attached hydrogen (secondary N) is 2. The molecule has 6 heteroatoms. The summed E-state index contributed by atoms with van der Waals surface area (Å²) in [5.74, 6) is 0.814. The zero-order valence-corrected chi connectivity index (χ0v) is 13.5. The van der Waals surface area contributed by atoms with Crippen LogP contribution in [0.4, 0.5) is 10.5 Å². The number of amides is 2. The lowest BCUT2D eigenvalue weighted by Gasteiger charge is -2.09. The topological polar surface area (TPSA) is 50.4 Å². The second-order valence-corrected chi connectivity index (χ2v) is 5.42. The molecule has 0 heterocycles. The van der Waals surface area contributed by atoms with Crippen LogP contribution in [0.15, 0.2) is 42.5 Å². The molecule has 2 N–H and O–H groups in total. The molecule has 0 aliphatic carbocycles. The van der Waals surface area contributed by atoms with Crippen LogP contribution in [0.25, 0.3) is 0 Å². The number of urea groups is 1. The highest BCUT2D eigenvalue weighted by atomic mass is 35.5. The molecule has 0 saturated carbocycles. The molecule has 0 unspecified atom stereocenters. The van der Waals surface area contributed by atoms with E-state index in [1.54, 1.807) is 25.3 Å².